The molecule has 10 rings (SSSR count). The van der Waals surface area contributed by atoms with Gasteiger partial charge in [-0.15, -0.1) is 0 Å². The molecule has 6 aromatic rings. The van der Waals surface area contributed by atoms with Crippen molar-refractivity contribution in [1.29, 1.82) is 5.26 Å². The van der Waals surface area contributed by atoms with Crippen molar-refractivity contribution in [1.82, 2.24) is 15.3 Å². The third-order valence-electron chi connectivity index (χ3n) is 10.4. The Morgan fingerprint density at radius 2 is 1.91 bits per heavy atom. The molecule has 2 aromatic heterocycles. The van der Waals surface area contributed by atoms with Gasteiger partial charge in [0.05, 0.1) is 40.7 Å². The number of amides is 1. The van der Waals surface area contributed by atoms with Crippen LogP contribution in [0.15, 0.2) is 79.0 Å². The van der Waals surface area contributed by atoms with Crippen LogP contribution in [0, 0.1) is 24.2 Å². The average Bonchev–Trinajstić information content (AvgIpc) is 3.73. The molecule has 5 heterocycles. The maximum atomic E-state index is 13.4. The predicted octanol–water partition coefficient (Wildman–Crippen LogP) is 6.86. The van der Waals surface area contributed by atoms with Crippen molar-refractivity contribution in [2.24, 2.45) is 5.92 Å². The number of nitrogens with one attached hydrogen (secondary N) is 2. The van der Waals surface area contributed by atoms with Gasteiger partial charge < -0.3 is 20.6 Å². The van der Waals surface area contributed by atoms with E-state index in [1.165, 1.54) is 0 Å². The van der Waals surface area contributed by atoms with Gasteiger partial charge in [0.25, 0.3) is 0 Å². The van der Waals surface area contributed by atoms with E-state index in [0.717, 1.165) is 84.7 Å². The van der Waals surface area contributed by atoms with Crippen LogP contribution in [0.4, 0.5) is 11.4 Å². The molecule has 3 atom stereocenters. The quantitative estimate of drug-likeness (QED) is 0.194. The fourth-order valence-electron chi connectivity index (χ4n) is 8.31. The van der Waals surface area contributed by atoms with Crippen molar-refractivity contribution in [3.8, 4) is 34.2 Å². The number of fused-ring (bicyclic) bond motifs is 6. The van der Waals surface area contributed by atoms with Gasteiger partial charge in [-0.2, -0.15) is 5.26 Å². The first-order valence-electron chi connectivity index (χ1n) is 16.2. The molecule has 3 unspecified atom stereocenters. The molecule has 8 nitrogen and oxygen atoms in total. The van der Waals surface area contributed by atoms with Crippen LogP contribution < -0.4 is 15.5 Å². The zero-order valence-electron chi connectivity index (χ0n) is 25.9. The first-order chi connectivity index (χ1) is 23.0. The Morgan fingerprint density at radius 1 is 1.04 bits per heavy atom. The highest BCUT2D eigenvalue weighted by Gasteiger charge is 2.51. The summed E-state index contributed by atoms with van der Waals surface area (Å²) >= 11 is 0. The van der Waals surface area contributed by atoms with E-state index in [9.17, 15) is 15.2 Å². The molecule has 47 heavy (non-hydrogen) atoms. The summed E-state index contributed by atoms with van der Waals surface area (Å²) < 4.78 is 0. The monoisotopic (exact) mass is 616 g/mol. The third-order valence-corrected chi connectivity index (χ3v) is 10.4. The van der Waals surface area contributed by atoms with Gasteiger partial charge in [-0.25, -0.2) is 4.98 Å². The van der Waals surface area contributed by atoms with Crippen LogP contribution >= 0.6 is 0 Å². The standard InChI is InChI=1S/C39H32N6O2/c1-21-34(29-18-27(46)14-23-6-2-3-9-28(23)29)24(7-4-12-40)15-30-35(21)44-36(25-11-10-22-8-5-13-41-31(22)16-25)37-39(30)45(20-33(47)43-37)38-26-17-32(38)42-19-26/h2-3,5-6,8-11,13-16,18,26,32,38,42,46H,4,7,17,19-20H2,1H3,(H,43,47). The minimum Gasteiger partial charge on any atom is -0.508 e. The van der Waals surface area contributed by atoms with Crippen molar-refractivity contribution >= 4 is 49.9 Å². The summed E-state index contributed by atoms with van der Waals surface area (Å²) in [5.41, 5.74) is 8.87. The Labute approximate surface area is 271 Å². The molecule has 1 aliphatic carbocycles. The molecule has 4 aromatic carbocycles. The molecule has 230 valence electrons. The summed E-state index contributed by atoms with van der Waals surface area (Å²) in [6, 6.07) is 26.9. The lowest BCUT2D eigenvalue weighted by atomic mass is 9.78. The molecule has 1 amide bonds. The number of carbonyl (C=O) groups excluding carboxylic acids is 1. The molecular formula is C39H32N6O2. The fraction of sp³-hybridized carbons (Fsp3) is 0.231. The minimum atomic E-state index is -0.0469. The molecule has 0 spiro atoms. The minimum absolute atomic E-state index is 0.0469. The summed E-state index contributed by atoms with van der Waals surface area (Å²) in [7, 11) is 0. The van der Waals surface area contributed by atoms with Crippen molar-refractivity contribution in [2.75, 3.05) is 23.3 Å². The fourth-order valence-corrected chi connectivity index (χ4v) is 8.31. The van der Waals surface area contributed by atoms with Crippen LogP contribution in [-0.2, 0) is 11.2 Å². The van der Waals surface area contributed by atoms with Gasteiger partial charge in [-0.1, -0.05) is 42.5 Å². The number of nitrogens with zero attached hydrogens (tertiary/aromatic N) is 4. The molecule has 2 bridgehead atoms. The number of hydrogen-bond donors (Lipinski definition) is 3. The highest BCUT2D eigenvalue weighted by atomic mass is 16.3. The van der Waals surface area contributed by atoms with Crippen LogP contribution in [-0.4, -0.2) is 46.2 Å². The van der Waals surface area contributed by atoms with Crippen molar-refractivity contribution < 1.29 is 9.90 Å². The zero-order valence-corrected chi connectivity index (χ0v) is 25.9. The van der Waals surface area contributed by atoms with Gasteiger partial charge in [-0.05, 0) is 89.0 Å². The number of anilines is 2. The molecule has 1 saturated carbocycles. The summed E-state index contributed by atoms with van der Waals surface area (Å²) in [4.78, 5) is 25.8. The third kappa shape index (κ3) is 4.27. The van der Waals surface area contributed by atoms with E-state index in [4.69, 9.17) is 4.98 Å². The van der Waals surface area contributed by atoms with Gasteiger partial charge in [0.1, 0.15) is 5.75 Å². The smallest absolute Gasteiger partial charge is 0.244 e. The molecule has 2 saturated heterocycles. The Balaban J connectivity index is 1.38. The van der Waals surface area contributed by atoms with E-state index in [0.29, 0.717) is 30.5 Å². The number of hydrogen-bond acceptors (Lipinski definition) is 7. The maximum absolute atomic E-state index is 13.4. The highest BCUT2D eigenvalue weighted by molar-refractivity contribution is 6.15. The van der Waals surface area contributed by atoms with Gasteiger partial charge in [-0.3, -0.25) is 9.78 Å². The topological polar surface area (TPSA) is 114 Å². The number of benzene rings is 4. The summed E-state index contributed by atoms with van der Waals surface area (Å²) in [5.74, 6) is 0.621. The van der Waals surface area contributed by atoms with E-state index in [2.05, 4.69) is 57.8 Å². The average molecular weight is 617 g/mol. The van der Waals surface area contributed by atoms with E-state index >= 15 is 0 Å². The number of pyridine rings is 2. The van der Waals surface area contributed by atoms with Gasteiger partial charge in [0, 0.05) is 47.6 Å². The van der Waals surface area contributed by atoms with E-state index in [1.54, 1.807) is 12.3 Å². The Kier molecular flexibility index (Phi) is 6.21. The van der Waals surface area contributed by atoms with Gasteiger partial charge >= 0.3 is 0 Å². The lowest BCUT2D eigenvalue weighted by Crippen LogP contribution is -2.58. The number of phenolic OH excluding ortho intramolecular Hbond substituents is 1. The second kappa shape index (κ2) is 10.5. The second-order valence-corrected chi connectivity index (χ2v) is 13.1. The van der Waals surface area contributed by atoms with Gasteiger partial charge in [0.15, 0.2) is 0 Å². The summed E-state index contributed by atoms with van der Waals surface area (Å²) in [6.45, 7) is 3.32. The number of aromatic nitrogens is 2. The summed E-state index contributed by atoms with van der Waals surface area (Å²) in [6.07, 6.45) is 3.80. The normalized spacial score (nSPS) is 19.9. The van der Waals surface area contributed by atoms with Crippen LogP contribution in [0.25, 0.3) is 55.0 Å². The maximum Gasteiger partial charge on any atom is 0.244 e. The lowest BCUT2D eigenvalue weighted by Gasteiger charge is -2.47. The van der Waals surface area contributed by atoms with E-state index in [-0.39, 0.29) is 24.2 Å². The first kappa shape index (κ1) is 27.8. The number of aryl methyl sites for hydroxylation is 2. The molecule has 4 aliphatic rings. The lowest BCUT2D eigenvalue weighted by molar-refractivity contribution is -0.115. The first-order valence-corrected chi connectivity index (χ1v) is 16.2. The summed E-state index contributed by atoms with van der Waals surface area (Å²) in [5, 5.41) is 31.4. The highest BCUT2D eigenvalue weighted by Crippen LogP contribution is 2.50. The zero-order chi connectivity index (χ0) is 31.8. The van der Waals surface area contributed by atoms with Gasteiger partial charge in [0.2, 0.25) is 5.91 Å². The SMILES string of the molecule is Cc1c(-c2cc(O)cc3ccccc23)c(CCC#N)cc2c3c(c(-c4ccc5cccnc5c4)nc12)NC(=O)CN3C1C2CNC1C2. The van der Waals surface area contributed by atoms with Crippen molar-refractivity contribution in [3.05, 3.63) is 90.1 Å². The Bertz CT molecular complexity index is 2330. The molecule has 3 N–H and O–H groups in total. The molecular weight excluding hydrogens is 584 g/mol. The van der Waals surface area contributed by atoms with Crippen molar-refractivity contribution in [3.63, 3.8) is 0 Å². The number of aromatic hydroxyl groups is 1. The largest absolute Gasteiger partial charge is 0.508 e. The van der Waals surface area contributed by atoms with E-state index in [1.807, 2.05) is 42.5 Å². The number of rotatable bonds is 5. The second-order valence-electron chi connectivity index (χ2n) is 13.1. The molecule has 8 heteroatoms. The Morgan fingerprint density at radius 3 is 2.74 bits per heavy atom. The molecule has 0 radical (unpaired) electrons. The molecule has 3 fully saturated rings. The number of carbonyl (C=O) groups is 1. The molecule has 3 aliphatic heterocycles. The Hall–Kier alpha value is -5.52. The number of nitriles is 1. The van der Waals surface area contributed by atoms with Crippen LogP contribution in [0.5, 0.6) is 5.75 Å². The number of phenols is 1. The van der Waals surface area contributed by atoms with Crippen LogP contribution in [0.2, 0.25) is 0 Å². The van der Waals surface area contributed by atoms with Crippen molar-refractivity contribution in [2.45, 2.75) is 38.3 Å². The van der Waals surface area contributed by atoms with Crippen LogP contribution in [0.1, 0.15) is 24.0 Å². The predicted molar refractivity (Wildman–Crippen MR) is 185 cm³/mol. The van der Waals surface area contributed by atoms with E-state index < -0.39 is 0 Å². The van der Waals surface area contributed by atoms with Crippen LogP contribution in [0.3, 0.4) is 0 Å².